The molecule has 5 nitrogen and oxygen atoms in total. The molecule has 2 aromatic heterocycles. The van der Waals surface area contributed by atoms with Gasteiger partial charge in [0.15, 0.2) is 0 Å². The first kappa shape index (κ1) is 20.7. The molecule has 0 saturated carbocycles. The number of anilines is 1. The van der Waals surface area contributed by atoms with Crippen LogP contribution in [-0.4, -0.2) is 42.1 Å². The van der Waals surface area contributed by atoms with Crippen LogP contribution in [0.2, 0.25) is 0 Å². The summed E-state index contributed by atoms with van der Waals surface area (Å²) < 4.78 is 1.06. The molecule has 1 aliphatic heterocycles. The Labute approximate surface area is 185 Å². The van der Waals surface area contributed by atoms with Crippen molar-refractivity contribution in [2.24, 2.45) is 0 Å². The fourth-order valence-corrected chi connectivity index (χ4v) is 5.25. The summed E-state index contributed by atoms with van der Waals surface area (Å²) in [5, 5.41) is 11.7. The Morgan fingerprint density at radius 3 is 2.60 bits per heavy atom. The summed E-state index contributed by atoms with van der Waals surface area (Å²) in [5.41, 5.74) is 4.14. The van der Waals surface area contributed by atoms with Gasteiger partial charge in [0.25, 0.3) is 5.56 Å². The number of hydrogen-bond acceptors (Lipinski definition) is 5. The zero-order valence-electron chi connectivity index (χ0n) is 16.5. The number of piperazine rings is 1. The molecule has 0 unspecified atom stereocenters. The molecule has 0 amide bonds. The van der Waals surface area contributed by atoms with Gasteiger partial charge in [0.1, 0.15) is 0 Å². The summed E-state index contributed by atoms with van der Waals surface area (Å²) in [6.07, 6.45) is 4.46. The molecule has 0 bridgehead atoms. The Balaban J connectivity index is 0.00000218. The lowest BCUT2D eigenvalue weighted by molar-refractivity contribution is 0.214. The Bertz CT molecular complexity index is 1170. The summed E-state index contributed by atoms with van der Waals surface area (Å²) in [6, 6.07) is 14.5. The predicted octanol–water partition coefficient (Wildman–Crippen LogP) is 4.25. The normalized spacial score (nSPS) is 19.4. The largest absolute Gasteiger partial charge is 0.369 e. The highest BCUT2D eigenvalue weighted by Crippen LogP contribution is 2.31. The van der Waals surface area contributed by atoms with E-state index in [9.17, 15) is 4.79 Å². The van der Waals surface area contributed by atoms with E-state index in [1.54, 1.807) is 11.3 Å². The second-order valence-corrected chi connectivity index (χ2v) is 8.64. The van der Waals surface area contributed by atoms with Gasteiger partial charge >= 0.3 is 0 Å². The number of aromatic amines is 1. The van der Waals surface area contributed by atoms with Crippen LogP contribution >= 0.6 is 23.7 Å². The van der Waals surface area contributed by atoms with Crippen molar-refractivity contribution in [1.82, 2.24) is 9.88 Å². The van der Waals surface area contributed by atoms with E-state index in [0.29, 0.717) is 11.6 Å². The molecule has 30 heavy (non-hydrogen) atoms. The summed E-state index contributed by atoms with van der Waals surface area (Å²) in [5.74, 6) is 0. The zero-order chi connectivity index (χ0) is 19.8. The van der Waals surface area contributed by atoms with E-state index in [2.05, 4.69) is 33.0 Å². The van der Waals surface area contributed by atoms with Crippen LogP contribution in [0.4, 0.5) is 5.69 Å². The Hall–Kier alpha value is -2.59. The van der Waals surface area contributed by atoms with E-state index in [1.807, 2.05) is 35.7 Å². The smallest absolute Gasteiger partial charge is 0.257 e. The van der Waals surface area contributed by atoms with Gasteiger partial charge in [0.05, 0.1) is 17.0 Å². The quantitative estimate of drug-likeness (QED) is 0.663. The Morgan fingerprint density at radius 2 is 1.87 bits per heavy atom. The fourth-order valence-electron chi connectivity index (χ4n) is 4.42. The van der Waals surface area contributed by atoms with Gasteiger partial charge in [-0.2, -0.15) is 5.26 Å². The number of nitrogens with zero attached hydrogens (tertiary/aromatic N) is 3. The molecule has 7 heteroatoms. The molecule has 154 valence electrons. The number of hydrogen-bond donors (Lipinski definition) is 1. The second-order valence-electron chi connectivity index (χ2n) is 7.69. The molecule has 0 radical (unpaired) electrons. The molecule has 1 aromatic carbocycles. The third-order valence-electron chi connectivity index (χ3n) is 6.06. The van der Waals surface area contributed by atoms with E-state index in [0.717, 1.165) is 54.8 Å². The number of aromatic nitrogens is 1. The number of allylic oxidation sites excluding steroid dienone is 1. The standard InChI is InChI=1S/C23H22N4OS.ClH/c24-15-16-1-4-18(5-2-16)26-8-10-27(11-9-26)19-6-3-17(13-19)21-14-22-20(7-12-29-22)23(28)25-21;/h1-2,4-5,7,12-14,19H,3,6,8-11H2,(H,25,28);1H/t19-;/m1./s1. The lowest BCUT2D eigenvalue weighted by atomic mass is 10.1. The van der Waals surface area contributed by atoms with Crippen molar-refractivity contribution in [3.05, 3.63) is 69.5 Å². The SMILES string of the molecule is Cl.N#Cc1ccc(N2CCN([C@H]3C=C(c4cc5sccc5c(=O)[nH]4)CC3)CC2)cc1. The van der Waals surface area contributed by atoms with Gasteiger partial charge in [-0.15, -0.1) is 23.7 Å². The average molecular weight is 439 g/mol. The number of nitrogens with one attached hydrogen (secondary N) is 1. The van der Waals surface area contributed by atoms with Crippen LogP contribution in [0.5, 0.6) is 0 Å². The molecule has 0 spiro atoms. The third kappa shape index (κ3) is 3.89. The predicted molar refractivity (Wildman–Crippen MR) is 126 cm³/mol. The highest BCUT2D eigenvalue weighted by Gasteiger charge is 2.27. The Kier molecular flexibility index (Phi) is 5.96. The van der Waals surface area contributed by atoms with E-state index in [4.69, 9.17) is 5.26 Å². The van der Waals surface area contributed by atoms with Crippen LogP contribution in [0.1, 0.15) is 24.1 Å². The van der Waals surface area contributed by atoms with Crippen molar-refractivity contribution in [2.45, 2.75) is 18.9 Å². The number of halogens is 1. The minimum Gasteiger partial charge on any atom is -0.369 e. The van der Waals surface area contributed by atoms with E-state index in [1.165, 1.54) is 11.3 Å². The van der Waals surface area contributed by atoms with Gasteiger partial charge in [-0.3, -0.25) is 9.69 Å². The molecule has 1 fully saturated rings. The first-order valence-electron chi connectivity index (χ1n) is 10.0. The highest BCUT2D eigenvalue weighted by molar-refractivity contribution is 7.17. The number of pyridine rings is 1. The number of benzene rings is 1. The number of nitriles is 1. The van der Waals surface area contributed by atoms with E-state index in [-0.39, 0.29) is 18.0 Å². The maximum atomic E-state index is 12.3. The van der Waals surface area contributed by atoms with Crippen LogP contribution in [0.3, 0.4) is 0 Å². The molecule has 2 aliphatic rings. The maximum Gasteiger partial charge on any atom is 0.257 e. The lowest BCUT2D eigenvalue weighted by Gasteiger charge is -2.38. The number of thiophene rings is 1. The van der Waals surface area contributed by atoms with Gasteiger partial charge in [-0.25, -0.2) is 0 Å². The molecular weight excluding hydrogens is 416 g/mol. The van der Waals surface area contributed by atoms with Crippen molar-refractivity contribution < 1.29 is 0 Å². The topological polar surface area (TPSA) is 63.1 Å². The van der Waals surface area contributed by atoms with Gasteiger partial charge < -0.3 is 9.88 Å². The monoisotopic (exact) mass is 438 g/mol. The molecule has 3 heterocycles. The molecule has 5 rings (SSSR count). The molecule has 3 aromatic rings. The van der Waals surface area contributed by atoms with Gasteiger partial charge in [-0.05, 0) is 60.2 Å². The average Bonchev–Trinajstić information content (AvgIpc) is 3.44. The highest BCUT2D eigenvalue weighted by atomic mass is 35.5. The third-order valence-corrected chi connectivity index (χ3v) is 6.92. The molecule has 1 N–H and O–H groups in total. The first-order valence-corrected chi connectivity index (χ1v) is 10.9. The summed E-state index contributed by atoms with van der Waals surface area (Å²) in [6.45, 7) is 4.02. The van der Waals surface area contributed by atoms with Crippen LogP contribution in [0, 0.1) is 11.3 Å². The fraction of sp³-hybridized carbons (Fsp3) is 0.304. The van der Waals surface area contributed by atoms with Crippen molar-refractivity contribution in [1.29, 1.82) is 5.26 Å². The Morgan fingerprint density at radius 1 is 1.10 bits per heavy atom. The van der Waals surface area contributed by atoms with Gasteiger partial charge in [-0.1, -0.05) is 6.08 Å². The first-order chi connectivity index (χ1) is 14.2. The van der Waals surface area contributed by atoms with Crippen molar-refractivity contribution in [3.63, 3.8) is 0 Å². The number of H-pyrrole nitrogens is 1. The molecular formula is C23H23ClN4OS. The maximum absolute atomic E-state index is 12.3. The van der Waals surface area contributed by atoms with E-state index >= 15 is 0 Å². The van der Waals surface area contributed by atoms with Crippen molar-refractivity contribution in [3.8, 4) is 6.07 Å². The molecule has 1 saturated heterocycles. The summed E-state index contributed by atoms with van der Waals surface area (Å²) in [4.78, 5) is 20.3. The van der Waals surface area contributed by atoms with Gasteiger partial charge in [0.2, 0.25) is 0 Å². The summed E-state index contributed by atoms with van der Waals surface area (Å²) >= 11 is 1.62. The van der Waals surface area contributed by atoms with Gasteiger partial charge in [0, 0.05) is 48.3 Å². The van der Waals surface area contributed by atoms with Crippen LogP contribution in [0.25, 0.3) is 15.7 Å². The minimum absolute atomic E-state index is 0. The van der Waals surface area contributed by atoms with Crippen LogP contribution < -0.4 is 10.5 Å². The van der Waals surface area contributed by atoms with E-state index < -0.39 is 0 Å². The zero-order valence-corrected chi connectivity index (χ0v) is 18.1. The van der Waals surface area contributed by atoms with Crippen molar-refractivity contribution >= 4 is 45.1 Å². The number of fused-ring (bicyclic) bond motifs is 1. The summed E-state index contributed by atoms with van der Waals surface area (Å²) in [7, 11) is 0. The lowest BCUT2D eigenvalue weighted by Crippen LogP contribution is -2.49. The number of rotatable bonds is 3. The van der Waals surface area contributed by atoms with Crippen molar-refractivity contribution in [2.75, 3.05) is 31.1 Å². The second kappa shape index (κ2) is 8.65. The van der Waals surface area contributed by atoms with Crippen LogP contribution in [0.15, 0.2) is 52.6 Å². The molecule has 1 atom stereocenters. The van der Waals surface area contributed by atoms with Crippen LogP contribution in [-0.2, 0) is 0 Å². The molecule has 1 aliphatic carbocycles. The minimum atomic E-state index is 0.